The molecule has 0 aromatic rings. The largest absolute Gasteiger partial charge is 0.377 e. The predicted octanol–water partition coefficient (Wildman–Crippen LogP) is 1.63. The lowest BCUT2D eigenvalue weighted by molar-refractivity contribution is 0.0245. The van der Waals surface area contributed by atoms with E-state index in [2.05, 4.69) is 24.1 Å². The summed E-state index contributed by atoms with van der Waals surface area (Å²) in [5.74, 6) is 0. The summed E-state index contributed by atoms with van der Waals surface area (Å²) in [7, 11) is 0. The van der Waals surface area contributed by atoms with Crippen LogP contribution in [0.15, 0.2) is 0 Å². The summed E-state index contributed by atoms with van der Waals surface area (Å²) in [6.45, 7) is 10.4. The van der Waals surface area contributed by atoms with E-state index in [0.717, 1.165) is 26.2 Å². The van der Waals surface area contributed by atoms with E-state index in [1.807, 2.05) is 0 Å². The fraction of sp³-hybridized carbons (Fsp3) is 1.00. The Hall–Kier alpha value is -0.120. The van der Waals surface area contributed by atoms with Crippen molar-refractivity contribution >= 4 is 0 Å². The molecule has 0 aromatic heterocycles. The van der Waals surface area contributed by atoms with Gasteiger partial charge in [0, 0.05) is 18.7 Å². The molecule has 1 N–H and O–H groups in total. The summed E-state index contributed by atoms with van der Waals surface area (Å²) >= 11 is 0. The van der Waals surface area contributed by atoms with Crippen LogP contribution < -0.4 is 5.32 Å². The first-order valence-corrected chi connectivity index (χ1v) is 6.76. The zero-order chi connectivity index (χ0) is 11.4. The molecule has 2 fully saturated rings. The number of rotatable bonds is 2. The van der Waals surface area contributed by atoms with Crippen molar-refractivity contribution in [3.8, 4) is 0 Å². The van der Waals surface area contributed by atoms with Crippen LogP contribution in [-0.4, -0.2) is 49.3 Å². The third-order valence-electron chi connectivity index (χ3n) is 4.00. The highest BCUT2D eigenvalue weighted by molar-refractivity contribution is 4.86. The molecule has 0 radical (unpaired) electrons. The van der Waals surface area contributed by atoms with Crippen molar-refractivity contribution in [1.29, 1.82) is 0 Å². The monoisotopic (exact) mass is 226 g/mol. The molecule has 2 rings (SSSR count). The second-order valence-electron chi connectivity index (χ2n) is 5.75. The Morgan fingerprint density at radius 2 is 2.19 bits per heavy atom. The Bertz CT molecular complexity index is 212. The number of hydrogen-bond donors (Lipinski definition) is 1. The quantitative estimate of drug-likeness (QED) is 0.774. The van der Waals surface area contributed by atoms with Gasteiger partial charge in [0.1, 0.15) is 0 Å². The molecule has 2 saturated heterocycles. The van der Waals surface area contributed by atoms with E-state index < -0.39 is 0 Å². The van der Waals surface area contributed by atoms with E-state index in [0.29, 0.717) is 11.6 Å². The Morgan fingerprint density at radius 3 is 2.94 bits per heavy atom. The molecule has 16 heavy (non-hydrogen) atoms. The highest BCUT2D eigenvalue weighted by atomic mass is 16.5. The maximum atomic E-state index is 5.76. The fourth-order valence-corrected chi connectivity index (χ4v) is 2.75. The fourth-order valence-electron chi connectivity index (χ4n) is 2.75. The van der Waals surface area contributed by atoms with Crippen LogP contribution >= 0.6 is 0 Å². The normalized spacial score (nSPS) is 32.2. The van der Waals surface area contributed by atoms with Crippen molar-refractivity contribution in [2.45, 2.75) is 51.2 Å². The molecule has 0 aromatic carbocycles. The first-order chi connectivity index (χ1) is 7.68. The second-order valence-corrected chi connectivity index (χ2v) is 5.75. The van der Waals surface area contributed by atoms with Gasteiger partial charge in [0.05, 0.1) is 6.10 Å². The van der Waals surface area contributed by atoms with Crippen molar-refractivity contribution in [1.82, 2.24) is 10.2 Å². The molecule has 94 valence electrons. The molecule has 0 spiro atoms. The van der Waals surface area contributed by atoms with Crippen molar-refractivity contribution in [3.05, 3.63) is 0 Å². The molecular formula is C13H26N2O. The molecule has 0 aliphatic carbocycles. The van der Waals surface area contributed by atoms with Crippen LogP contribution in [0.3, 0.4) is 0 Å². The average Bonchev–Trinajstić information content (AvgIpc) is 2.71. The zero-order valence-electron chi connectivity index (χ0n) is 10.8. The minimum atomic E-state index is 0.319. The van der Waals surface area contributed by atoms with E-state index in [-0.39, 0.29) is 0 Å². The zero-order valence-corrected chi connectivity index (χ0v) is 10.8. The Morgan fingerprint density at radius 1 is 1.31 bits per heavy atom. The van der Waals surface area contributed by atoms with Gasteiger partial charge < -0.3 is 10.1 Å². The molecule has 3 heteroatoms. The van der Waals surface area contributed by atoms with Gasteiger partial charge in [-0.05, 0) is 59.2 Å². The SMILES string of the molecule is CC1(C)CCNCCCN1CC1CCCO1. The predicted molar refractivity (Wildman–Crippen MR) is 66.7 cm³/mol. The number of ether oxygens (including phenoxy) is 1. The van der Waals surface area contributed by atoms with Gasteiger partial charge in [-0.1, -0.05) is 0 Å². The van der Waals surface area contributed by atoms with Gasteiger partial charge >= 0.3 is 0 Å². The molecule has 2 heterocycles. The van der Waals surface area contributed by atoms with E-state index in [1.54, 1.807) is 0 Å². The standard InChI is InChI=1S/C13H26N2O/c1-13(2)6-8-14-7-4-9-15(13)11-12-5-3-10-16-12/h12,14H,3-11H2,1-2H3. The molecule has 2 aliphatic heterocycles. The van der Waals surface area contributed by atoms with E-state index in [9.17, 15) is 0 Å². The highest BCUT2D eigenvalue weighted by Crippen LogP contribution is 2.23. The third-order valence-corrected chi connectivity index (χ3v) is 4.00. The van der Waals surface area contributed by atoms with Crippen LogP contribution in [0.4, 0.5) is 0 Å². The van der Waals surface area contributed by atoms with Crippen LogP contribution in [0.25, 0.3) is 0 Å². The second kappa shape index (κ2) is 5.48. The summed E-state index contributed by atoms with van der Waals surface area (Å²) in [4.78, 5) is 2.64. The van der Waals surface area contributed by atoms with E-state index in [1.165, 1.54) is 32.2 Å². The lowest BCUT2D eigenvalue weighted by Crippen LogP contribution is -2.51. The van der Waals surface area contributed by atoms with Gasteiger partial charge in [0.2, 0.25) is 0 Å². The summed E-state index contributed by atoms with van der Waals surface area (Å²) in [5.41, 5.74) is 0.319. The van der Waals surface area contributed by atoms with Gasteiger partial charge in [-0.15, -0.1) is 0 Å². The van der Waals surface area contributed by atoms with Crippen LogP contribution in [0, 0.1) is 0 Å². The van der Waals surface area contributed by atoms with Crippen LogP contribution in [0.5, 0.6) is 0 Å². The maximum absolute atomic E-state index is 5.76. The number of nitrogens with zero attached hydrogens (tertiary/aromatic N) is 1. The van der Waals surface area contributed by atoms with Crippen LogP contribution in [0.2, 0.25) is 0 Å². The van der Waals surface area contributed by atoms with Gasteiger partial charge in [-0.3, -0.25) is 4.90 Å². The van der Waals surface area contributed by atoms with Crippen molar-refractivity contribution < 1.29 is 4.74 Å². The third kappa shape index (κ3) is 3.19. The van der Waals surface area contributed by atoms with Crippen molar-refractivity contribution in [3.63, 3.8) is 0 Å². The molecule has 2 aliphatic rings. The molecular weight excluding hydrogens is 200 g/mol. The summed E-state index contributed by atoms with van der Waals surface area (Å²) in [6, 6.07) is 0. The van der Waals surface area contributed by atoms with Crippen molar-refractivity contribution in [2.24, 2.45) is 0 Å². The molecule has 0 amide bonds. The maximum Gasteiger partial charge on any atom is 0.0703 e. The Labute approximate surface area is 99.5 Å². The first kappa shape index (κ1) is 12.3. The minimum absolute atomic E-state index is 0.319. The molecule has 3 nitrogen and oxygen atoms in total. The van der Waals surface area contributed by atoms with Gasteiger partial charge in [-0.2, -0.15) is 0 Å². The molecule has 1 unspecified atom stereocenters. The van der Waals surface area contributed by atoms with Gasteiger partial charge in [0.25, 0.3) is 0 Å². The van der Waals surface area contributed by atoms with Crippen LogP contribution in [-0.2, 0) is 4.74 Å². The molecule has 1 atom stereocenters. The summed E-state index contributed by atoms with van der Waals surface area (Å²) in [6.07, 6.45) is 5.49. The summed E-state index contributed by atoms with van der Waals surface area (Å²) in [5, 5.41) is 3.50. The van der Waals surface area contributed by atoms with Gasteiger partial charge in [-0.25, -0.2) is 0 Å². The smallest absolute Gasteiger partial charge is 0.0703 e. The lowest BCUT2D eigenvalue weighted by Gasteiger charge is -2.41. The van der Waals surface area contributed by atoms with Crippen LogP contribution in [0.1, 0.15) is 39.5 Å². The topological polar surface area (TPSA) is 24.5 Å². The summed E-state index contributed by atoms with van der Waals surface area (Å²) < 4.78 is 5.76. The van der Waals surface area contributed by atoms with E-state index >= 15 is 0 Å². The molecule has 0 saturated carbocycles. The van der Waals surface area contributed by atoms with Crippen molar-refractivity contribution in [2.75, 3.05) is 32.8 Å². The van der Waals surface area contributed by atoms with E-state index in [4.69, 9.17) is 4.74 Å². The number of nitrogens with one attached hydrogen (secondary N) is 1. The Kier molecular flexibility index (Phi) is 4.22. The number of hydrogen-bond acceptors (Lipinski definition) is 3. The van der Waals surface area contributed by atoms with Gasteiger partial charge in [0.15, 0.2) is 0 Å². The minimum Gasteiger partial charge on any atom is -0.377 e. The molecule has 0 bridgehead atoms. The average molecular weight is 226 g/mol. The first-order valence-electron chi connectivity index (χ1n) is 6.76. The highest BCUT2D eigenvalue weighted by Gasteiger charge is 2.30. The lowest BCUT2D eigenvalue weighted by atomic mass is 9.95. The Balaban J connectivity index is 1.91.